The number of nitrogens with zero attached hydrogens (tertiary/aromatic N) is 4. The molecule has 0 aliphatic rings. The SMILES string of the molecule is c1ccc(-c2nc(-c3cccc(-c4cccc5c4oc4c(-c6ccc7c(c6)oc6ccccc67)cccc45)c3)nc(-n3c4ccccc4c4ccccc43)n2)cc1. The lowest BCUT2D eigenvalue weighted by molar-refractivity contribution is 0.668. The van der Waals surface area contributed by atoms with E-state index in [1.165, 1.54) is 0 Å². The summed E-state index contributed by atoms with van der Waals surface area (Å²) in [4.78, 5) is 15.4. The van der Waals surface area contributed by atoms with Crippen molar-refractivity contribution in [3.05, 3.63) is 182 Å². The fraction of sp³-hybridized carbons (Fsp3) is 0. The van der Waals surface area contributed by atoms with E-state index in [4.69, 9.17) is 23.8 Å². The van der Waals surface area contributed by atoms with E-state index in [1.54, 1.807) is 0 Å². The highest BCUT2D eigenvalue weighted by Gasteiger charge is 2.20. The summed E-state index contributed by atoms with van der Waals surface area (Å²) in [6.45, 7) is 0. The average Bonchev–Trinajstić information content (AvgIpc) is 3.96. The normalized spacial score (nSPS) is 11.9. The van der Waals surface area contributed by atoms with Gasteiger partial charge in [-0.2, -0.15) is 9.97 Å². The Balaban J connectivity index is 1.01. The molecular formula is C51H30N4O2. The van der Waals surface area contributed by atoms with Gasteiger partial charge in [0.1, 0.15) is 22.3 Å². The Kier molecular flexibility index (Phi) is 6.83. The molecule has 4 aromatic heterocycles. The molecule has 57 heavy (non-hydrogen) atoms. The van der Waals surface area contributed by atoms with Crippen LogP contribution in [0.5, 0.6) is 0 Å². The summed E-state index contributed by atoms with van der Waals surface area (Å²) in [6, 6.07) is 62.6. The van der Waals surface area contributed by atoms with Crippen molar-refractivity contribution in [2.75, 3.05) is 0 Å². The van der Waals surface area contributed by atoms with Gasteiger partial charge in [0.25, 0.3) is 0 Å². The van der Waals surface area contributed by atoms with E-state index in [9.17, 15) is 0 Å². The summed E-state index contributed by atoms with van der Waals surface area (Å²) in [7, 11) is 0. The first-order valence-corrected chi connectivity index (χ1v) is 19.0. The molecule has 0 saturated carbocycles. The first-order valence-electron chi connectivity index (χ1n) is 19.0. The molecule has 0 aliphatic carbocycles. The summed E-state index contributed by atoms with van der Waals surface area (Å²) < 4.78 is 15.3. The highest BCUT2D eigenvalue weighted by molar-refractivity contribution is 6.14. The first-order chi connectivity index (χ1) is 28.2. The van der Waals surface area contributed by atoms with Crippen LogP contribution in [0.25, 0.3) is 117 Å². The van der Waals surface area contributed by atoms with Crippen LogP contribution in [0.4, 0.5) is 0 Å². The number of para-hydroxylation sites is 5. The Morgan fingerprint density at radius 3 is 1.58 bits per heavy atom. The maximum Gasteiger partial charge on any atom is 0.238 e. The van der Waals surface area contributed by atoms with E-state index in [1.807, 2.05) is 48.5 Å². The van der Waals surface area contributed by atoms with Gasteiger partial charge in [-0.05, 0) is 47.5 Å². The molecule has 0 atom stereocenters. The Hall–Kier alpha value is -7.83. The van der Waals surface area contributed by atoms with Crippen molar-refractivity contribution in [2.45, 2.75) is 0 Å². The van der Waals surface area contributed by atoms with E-state index in [0.717, 1.165) is 99.1 Å². The molecule has 0 unspecified atom stereocenters. The Morgan fingerprint density at radius 1 is 0.333 bits per heavy atom. The molecule has 0 saturated heterocycles. The minimum absolute atomic E-state index is 0.564. The molecule has 0 fully saturated rings. The van der Waals surface area contributed by atoms with Gasteiger partial charge in [0.05, 0.1) is 11.0 Å². The molecule has 6 nitrogen and oxygen atoms in total. The first kappa shape index (κ1) is 31.5. The summed E-state index contributed by atoms with van der Waals surface area (Å²) in [5.74, 6) is 1.76. The van der Waals surface area contributed by atoms with Crippen molar-refractivity contribution in [3.63, 3.8) is 0 Å². The molecule has 0 N–H and O–H groups in total. The van der Waals surface area contributed by atoms with Crippen LogP contribution in [0.1, 0.15) is 0 Å². The predicted octanol–water partition coefficient (Wildman–Crippen LogP) is 13.4. The zero-order valence-corrected chi connectivity index (χ0v) is 30.4. The molecule has 0 bridgehead atoms. The third-order valence-electron chi connectivity index (χ3n) is 11.1. The topological polar surface area (TPSA) is 69.9 Å². The van der Waals surface area contributed by atoms with Gasteiger partial charge >= 0.3 is 0 Å². The van der Waals surface area contributed by atoms with Gasteiger partial charge in [0.15, 0.2) is 11.6 Å². The highest BCUT2D eigenvalue weighted by Crippen LogP contribution is 2.42. The third-order valence-corrected chi connectivity index (χ3v) is 11.1. The van der Waals surface area contributed by atoms with E-state index < -0.39 is 0 Å². The van der Waals surface area contributed by atoms with Crippen LogP contribution in [0.15, 0.2) is 191 Å². The van der Waals surface area contributed by atoms with Crippen molar-refractivity contribution < 1.29 is 8.83 Å². The molecule has 0 amide bonds. The van der Waals surface area contributed by atoms with Crippen LogP contribution >= 0.6 is 0 Å². The molecule has 266 valence electrons. The lowest BCUT2D eigenvalue weighted by atomic mass is 9.98. The predicted molar refractivity (Wildman–Crippen MR) is 230 cm³/mol. The Bertz CT molecular complexity index is 3490. The van der Waals surface area contributed by atoms with Crippen LogP contribution in [-0.2, 0) is 0 Å². The minimum Gasteiger partial charge on any atom is -0.456 e. The van der Waals surface area contributed by atoms with Crippen LogP contribution in [0.3, 0.4) is 0 Å². The summed E-state index contributed by atoms with van der Waals surface area (Å²) in [6.07, 6.45) is 0. The minimum atomic E-state index is 0.564. The number of furan rings is 2. The number of benzene rings is 8. The standard InChI is InChI=1S/C51H30N4O2/c1-2-13-31(14-3-1)49-52-50(54-51(53-49)55-43-24-7-4-17-37(43)38-18-5-8-25-44(38)55)34-16-10-15-32(29-34)35-20-11-22-41-42-23-12-21-36(48(42)57-47(35)41)33-27-28-40-39-19-6-9-26-45(39)56-46(40)30-33/h1-30H. The van der Waals surface area contributed by atoms with Gasteiger partial charge in [0.2, 0.25) is 5.95 Å². The maximum absolute atomic E-state index is 6.89. The van der Waals surface area contributed by atoms with E-state index in [0.29, 0.717) is 17.6 Å². The van der Waals surface area contributed by atoms with Crippen molar-refractivity contribution in [2.24, 2.45) is 0 Å². The monoisotopic (exact) mass is 730 g/mol. The zero-order valence-electron chi connectivity index (χ0n) is 30.4. The summed E-state index contributed by atoms with van der Waals surface area (Å²) in [5, 5.41) is 6.63. The lowest BCUT2D eigenvalue weighted by Gasteiger charge is -2.11. The average molecular weight is 731 g/mol. The second-order valence-corrected chi connectivity index (χ2v) is 14.4. The Morgan fingerprint density at radius 2 is 0.860 bits per heavy atom. The molecule has 0 aliphatic heterocycles. The second kappa shape index (κ2) is 12.3. The van der Waals surface area contributed by atoms with E-state index in [2.05, 4.69) is 138 Å². The molecule has 0 radical (unpaired) electrons. The Labute approximate surface area is 325 Å². The van der Waals surface area contributed by atoms with Gasteiger partial charge < -0.3 is 8.83 Å². The molecular weight excluding hydrogens is 701 g/mol. The quantitative estimate of drug-likeness (QED) is 0.176. The lowest BCUT2D eigenvalue weighted by Crippen LogP contribution is -2.06. The van der Waals surface area contributed by atoms with Crippen molar-refractivity contribution in [1.82, 2.24) is 19.5 Å². The van der Waals surface area contributed by atoms with Crippen molar-refractivity contribution in [3.8, 4) is 51.0 Å². The fourth-order valence-electron chi connectivity index (χ4n) is 8.44. The number of hydrogen-bond donors (Lipinski definition) is 0. The largest absolute Gasteiger partial charge is 0.456 e. The number of fused-ring (bicyclic) bond motifs is 9. The van der Waals surface area contributed by atoms with E-state index >= 15 is 0 Å². The molecule has 8 aromatic carbocycles. The smallest absolute Gasteiger partial charge is 0.238 e. The molecule has 0 spiro atoms. The van der Waals surface area contributed by atoms with Crippen LogP contribution in [0.2, 0.25) is 0 Å². The zero-order chi connectivity index (χ0) is 37.5. The van der Waals surface area contributed by atoms with Crippen LogP contribution < -0.4 is 0 Å². The highest BCUT2D eigenvalue weighted by atomic mass is 16.3. The van der Waals surface area contributed by atoms with Gasteiger partial charge in [-0.25, -0.2) is 4.98 Å². The van der Waals surface area contributed by atoms with Gasteiger partial charge in [-0.1, -0.05) is 146 Å². The third kappa shape index (κ3) is 4.94. The van der Waals surface area contributed by atoms with E-state index in [-0.39, 0.29) is 0 Å². The number of rotatable bonds is 5. The molecule has 12 aromatic rings. The van der Waals surface area contributed by atoms with Gasteiger partial charge in [0, 0.05) is 54.6 Å². The summed E-state index contributed by atoms with van der Waals surface area (Å²) >= 11 is 0. The van der Waals surface area contributed by atoms with Crippen molar-refractivity contribution >= 4 is 65.7 Å². The van der Waals surface area contributed by atoms with Crippen LogP contribution in [-0.4, -0.2) is 19.5 Å². The van der Waals surface area contributed by atoms with Gasteiger partial charge in [-0.3, -0.25) is 4.57 Å². The second-order valence-electron chi connectivity index (χ2n) is 14.4. The molecule has 4 heterocycles. The molecule has 6 heteroatoms. The number of hydrogen-bond acceptors (Lipinski definition) is 5. The van der Waals surface area contributed by atoms with Crippen molar-refractivity contribution in [1.29, 1.82) is 0 Å². The number of aromatic nitrogens is 4. The van der Waals surface area contributed by atoms with Crippen LogP contribution in [0, 0.1) is 0 Å². The van der Waals surface area contributed by atoms with Gasteiger partial charge in [-0.15, -0.1) is 0 Å². The fourth-order valence-corrected chi connectivity index (χ4v) is 8.44. The summed E-state index contributed by atoms with van der Waals surface area (Å²) in [5.41, 5.74) is 11.3. The molecule has 12 rings (SSSR count). The maximum atomic E-state index is 6.89.